The normalized spacial score (nSPS) is 27.0. The van der Waals surface area contributed by atoms with E-state index in [4.69, 9.17) is 0 Å². The zero-order valence-electron chi connectivity index (χ0n) is 12.0. The molecule has 1 saturated carbocycles. The molecule has 2 fully saturated rings. The van der Waals surface area contributed by atoms with Crippen LogP contribution in [-0.2, 0) is 9.59 Å². The average molecular weight is 291 g/mol. The molecule has 1 aromatic rings. The van der Waals surface area contributed by atoms with E-state index in [9.17, 15) is 14.7 Å². The van der Waals surface area contributed by atoms with Crippen molar-refractivity contribution in [2.45, 2.75) is 38.1 Å². The van der Waals surface area contributed by atoms with E-state index in [1.165, 1.54) is 0 Å². The van der Waals surface area contributed by atoms with Gasteiger partial charge >= 0.3 is 5.97 Å². The van der Waals surface area contributed by atoms with Gasteiger partial charge in [0.2, 0.25) is 5.91 Å². The summed E-state index contributed by atoms with van der Waals surface area (Å²) >= 11 is 0. The first-order valence-electron chi connectivity index (χ1n) is 7.67. The molecule has 1 saturated heterocycles. The molecular weight excluding hydrogens is 270 g/mol. The van der Waals surface area contributed by atoms with Gasteiger partial charge in [0.25, 0.3) is 0 Å². The van der Waals surface area contributed by atoms with Crippen LogP contribution in [0.4, 0.5) is 0 Å². The number of carbonyl (C=O) groups excluding carboxylic acids is 1. The van der Waals surface area contributed by atoms with Gasteiger partial charge in [-0.15, -0.1) is 0 Å². The summed E-state index contributed by atoms with van der Waals surface area (Å²) < 4.78 is 1.96. The number of hydrogen-bond donors (Lipinski definition) is 1. The molecule has 1 aliphatic heterocycles. The summed E-state index contributed by atoms with van der Waals surface area (Å²) in [6.45, 7) is 1.40. The highest BCUT2D eigenvalue weighted by molar-refractivity contribution is 5.85. The third kappa shape index (κ3) is 2.80. The number of rotatable bonds is 3. The lowest BCUT2D eigenvalue weighted by Crippen LogP contribution is -2.44. The van der Waals surface area contributed by atoms with Crippen LogP contribution in [0.5, 0.6) is 0 Å². The first-order valence-corrected chi connectivity index (χ1v) is 7.67. The van der Waals surface area contributed by atoms with Gasteiger partial charge in [-0.1, -0.05) is 6.42 Å². The summed E-state index contributed by atoms with van der Waals surface area (Å²) in [7, 11) is 0. The van der Waals surface area contributed by atoms with Crippen molar-refractivity contribution in [2.75, 3.05) is 13.1 Å². The van der Waals surface area contributed by atoms with Gasteiger partial charge < -0.3 is 10.0 Å². The number of carbonyl (C=O) groups is 2. The van der Waals surface area contributed by atoms with Crippen LogP contribution in [0.3, 0.4) is 0 Å². The smallest absolute Gasteiger partial charge is 0.307 e. The average Bonchev–Trinajstić information content (AvgIpc) is 3.18. The van der Waals surface area contributed by atoms with E-state index in [0.717, 1.165) is 25.7 Å². The number of carboxylic acids is 1. The molecule has 0 bridgehead atoms. The Morgan fingerprint density at radius 3 is 2.43 bits per heavy atom. The molecule has 2 heterocycles. The van der Waals surface area contributed by atoms with Crippen LogP contribution in [0, 0.1) is 11.8 Å². The van der Waals surface area contributed by atoms with Gasteiger partial charge in [-0.2, -0.15) is 5.10 Å². The number of piperidine rings is 1. The van der Waals surface area contributed by atoms with Crippen molar-refractivity contribution in [3.8, 4) is 0 Å². The number of aliphatic carboxylic acids is 1. The molecule has 1 amide bonds. The van der Waals surface area contributed by atoms with Gasteiger partial charge in [-0.25, -0.2) is 0 Å². The predicted molar refractivity (Wildman–Crippen MR) is 75.5 cm³/mol. The molecule has 114 valence electrons. The van der Waals surface area contributed by atoms with Crippen LogP contribution < -0.4 is 0 Å². The van der Waals surface area contributed by atoms with E-state index in [0.29, 0.717) is 25.6 Å². The Hall–Kier alpha value is -1.85. The monoisotopic (exact) mass is 291 g/mol. The minimum absolute atomic E-state index is 0.0406. The van der Waals surface area contributed by atoms with Crippen molar-refractivity contribution in [2.24, 2.45) is 11.8 Å². The molecule has 6 nitrogen and oxygen atoms in total. The zero-order valence-corrected chi connectivity index (χ0v) is 12.0. The molecule has 3 rings (SSSR count). The molecule has 21 heavy (non-hydrogen) atoms. The van der Waals surface area contributed by atoms with E-state index in [1.54, 1.807) is 6.20 Å². The molecule has 2 aliphatic rings. The predicted octanol–water partition coefficient (Wildman–Crippen LogP) is 1.55. The largest absolute Gasteiger partial charge is 0.481 e. The third-order valence-corrected chi connectivity index (χ3v) is 4.83. The van der Waals surface area contributed by atoms with Crippen molar-refractivity contribution < 1.29 is 14.7 Å². The maximum Gasteiger partial charge on any atom is 0.307 e. The number of amides is 1. The van der Waals surface area contributed by atoms with Crippen molar-refractivity contribution in [1.29, 1.82) is 0 Å². The highest BCUT2D eigenvalue weighted by Crippen LogP contribution is 2.34. The molecule has 2 atom stereocenters. The molecular formula is C15H21N3O3. The maximum atomic E-state index is 12.5. The fourth-order valence-electron chi connectivity index (χ4n) is 3.63. The molecule has 0 unspecified atom stereocenters. The number of aromatic nitrogens is 2. The summed E-state index contributed by atoms with van der Waals surface area (Å²) in [5.74, 6) is -1.58. The van der Waals surface area contributed by atoms with Crippen molar-refractivity contribution in [3.05, 3.63) is 18.5 Å². The first-order chi connectivity index (χ1) is 10.2. The van der Waals surface area contributed by atoms with Crippen LogP contribution in [-0.4, -0.2) is 44.8 Å². The Morgan fingerprint density at radius 1 is 1.10 bits per heavy atom. The molecule has 0 aromatic carbocycles. The van der Waals surface area contributed by atoms with Crippen molar-refractivity contribution in [1.82, 2.24) is 14.7 Å². The minimum Gasteiger partial charge on any atom is -0.481 e. The molecule has 1 N–H and O–H groups in total. The fraction of sp³-hybridized carbons (Fsp3) is 0.667. The standard InChI is InChI=1S/C15H21N3O3/c19-14(12-3-1-4-13(12)15(20)21)17-9-5-11(6-10-17)18-8-2-7-16-18/h2,7-8,11-13H,1,3-6,9-10H2,(H,20,21)/t12-,13+/m0/s1. The lowest BCUT2D eigenvalue weighted by molar-refractivity contribution is -0.149. The van der Waals surface area contributed by atoms with Crippen LogP contribution in [0.2, 0.25) is 0 Å². The molecule has 0 spiro atoms. The van der Waals surface area contributed by atoms with E-state index in [-0.39, 0.29) is 11.8 Å². The summed E-state index contributed by atoms with van der Waals surface area (Å²) in [5.41, 5.74) is 0. The van der Waals surface area contributed by atoms with Gasteiger partial charge in [0.1, 0.15) is 0 Å². The highest BCUT2D eigenvalue weighted by Gasteiger charge is 2.40. The lowest BCUT2D eigenvalue weighted by Gasteiger charge is -2.34. The summed E-state index contributed by atoms with van der Waals surface area (Å²) in [5, 5.41) is 13.5. The Balaban J connectivity index is 1.59. The molecule has 1 aliphatic carbocycles. The number of likely N-dealkylation sites (tertiary alicyclic amines) is 1. The second kappa shape index (κ2) is 5.87. The third-order valence-electron chi connectivity index (χ3n) is 4.83. The number of nitrogens with zero attached hydrogens (tertiary/aromatic N) is 3. The minimum atomic E-state index is -0.822. The summed E-state index contributed by atoms with van der Waals surface area (Å²) in [6, 6.07) is 2.26. The number of hydrogen-bond acceptors (Lipinski definition) is 3. The highest BCUT2D eigenvalue weighted by atomic mass is 16.4. The number of carboxylic acid groups (broad SMARTS) is 1. The van der Waals surface area contributed by atoms with E-state index in [1.807, 2.05) is 21.8 Å². The summed E-state index contributed by atoms with van der Waals surface area (Å²) in [6.07, 6.45) is 7.70. The maximum absolute atomic E-state index is 12.5. The lowest BCUT2D eigenvalue weighted by atomic mass is 9.93. The summed E-state index contributed by atoms with van der Waals surface area (Å²) in [4.78, 5) is 25.6. The van der Waals surface area contributed by atoms with Gasteiger partial charge in [-0.3, -0.25) is 14.3 Å². The zero-order chi connectivity index (χ0) is 14.8. The van der Waals surface area contributed by atoms with Crippen molar-refractivity contribution in [3.63, 3.8) is 0 Å². The SMILES string of the molecule is O=C(O)[C@@H]1CCC[C@@H]1C(=O)N1CCC(n2cccn2)CC1. The van der Waals surface area contributed by atoms with Crippen LogP contribution in [0.25, 0.3) is 0 Å². The Morgan fingerprint density at radius 2 is 1.81 bits per heavy atom. The van der Waals surface area contributed by atoms with Crippen LogP contribution in [0.1, 0.15) is 38.1 Å². The molecule has 0 radical (unpaired) electrons. The topological polar surface area (TPSA) is 75.4 Å². The second-order valence-corrected chi connectivity index (χ2v) is 6.02. The quantitative estimate of drug-likeness (QED) is 0.916. The second-order valence-electron chi connectivity index (χ2n) is 6.02. The van der Waals surface area contributed by atoms with Gasteiger partial charge in [0.05, 0.1) is 17.9 Å². The Bertz CT molecular complexity index is 506. The van der Waals surface area contributed by atoms with E-state index >= 15 is 0 Å². The Labute approximate surface area is 123 Å². The van der Waals surface area contributed by atoms with Crippen LogP contribution >= 0.6 is 0 Å². The van der Waals surface area contributed by atoms with Crippen molar-refractivity contribution >= 4 is 11.9 Å². The molecule has 1 aromatic heterocycles. The van der Waals surface area contributed by atoms with Crippen LogP contribution in [0.15, 0.2) is 18.5 Å². The Kier molecular flexibility index (Phi) is 3.94. The van der Waals surface area contributed by atoms with E-state index < -0.39 is 11.9 Å². The van der Waals surface area contributed by atoms with Gasteiger partial charge in [0, 0.05) is 25.5 Å². The first kappa shape index (κ1) is 14.1. The molecule has 6 heteroatoms. The fourth-order valence-corrected chi connectivity index (χ4v) is 3.63. The van der Waals surface area contributed by atoms with Gasteiger partial charge in [-0.05, 0) is 31.7 Å². The van der Waals surface area contributed by atoms with E-state index in [2.05, 4.69) is 5.10 Å². The van der Waals surface area contributed by atoms with Gasteiger partial charge in [0.15, 0.2) is 0 Å².